The fraction of sp³-hybridized carbons (Fsp3) is 0.545. The molecule has 7 heteroatoms. The number of aliphatic imine (C=N–C) groups is 1. The Labute approximate surface area is 180 Å². The molecule has 1 heterocycles. The third-order valence-electron chi connectivity index (χ3n) is 5.53. The first-order chi connectivity index (χ1) is 13.9. The molecule has 0 bridgehead atoms. The number of aromatic nitrogens is 2. The molecule has 0 spiro atoms. The summed E-state index contributed by atoms with van der Waals surface area (Å²) in [6, 6.07) is 8.26. The molecule has 1 atom stereocenters. The molecule has 0 aliphatic rings. The summed E-state index contributed by atoms with van der Waals surface area (Å²) in [5, 5.41) is 12.2. The lowest BCUT2D eigenvalue weighted by Crippen LogP contribution is -2.43. The van der Waals surface area contributed by atoms with Gasteiger partial charge in [-0.2, -0.15) is 5.10 Å². The summed E-state index contributed by atoms with van der Waals surface area (Å²) in [5.41, 5.74) is 4.75. The summed E-state index contributed by atoms with van der Waals surface area (Å²) < 4.78 is 1.94. The quantitative estimate of drug-likeness (QED) is 0.483. The molecular formula is C22H35ClN6. The molecule has 1 aromatic carbocycles. The lowest BCUT2D eigenvalue weighted by Gasteiger charge is -2.31. The van der Waals surface area contributed by atoms with E-state index >= 15 is 0 Å². The van der Waals surface area contributed by atoms with Gasteiger partial charge >= 0.3 is 0 Å². The van der Waals surface area contributed by atoms with Crippen molar-refractivity contribution in [3.05, 3.63) is 51.8 Å². The van der Waals surface area contributed by atoms with Crippen LogP contribution in [-0.2, 0) is 13.5 Å². The Hall–Kier alpha value is -2.05. The second-order valence-corrected chi connectivity index (χ2v) is 7.57. The number of nitrogens with one attached hydrogen (secondary N) is 2. The van der Waals surface area contributed by atoms with Crippen LogP contribution in [0, 0.1) is 13.8 Å². The molecule has 0 aliphatic heterocycles. The van der Waals surface area contributed by atoms with Crippen LogP contribution >= 0.6 is 11.6 Å². The maximum atomic E-state index is 6.50. The largest absolute Gasteiger partial charge is 0.356 e. The molecule has 6 nitrogen and oxygen atoms in total. The van der Waals surface area contributed by atoms with E-state index in [1.165, 1.54) is 11.3 Å². The molecule has 0 aliphatic carbocycles. The second kappa shape index (κ2) is 11.2. The number of nitrogens with zero attached hydrogens (tertiary/aromatic N) is 4. The molecule has 0 saturated carbocycles. The molecule has 2 aromatic rings. The van der Waals surface area contributed by atoms with Crippen molar-refractivity contribution < 1.29 is 0 Å². The SMILES string of the molecule is CCN(CC)C(CNC(=NC)NCCc1c(C)nn(C)c1C)c1ccccc1Cl. The van der Waals surface area contributed by atoms with Crippen LogP contribution in [0.2, 0.25) is 5.02 Å². The van der Waals surface area contributed by atoms with Gasteiger partial charge in [0.15, 0.2) is 5.96 Å². The average molecular weight is 419 g/mol. The van der Waals surface area contributed by atoms with E-state index < -0.39 is 0 Å². The highest BCUT2D eigenvalue weighted by Crippen LogP contribution is 2.26. The minimum Gasteiger partial charge on any atom is -0.356 e. The van der Waals surface area contributed by atoms with Gasteiger partial charge in [0, 0.05) is 37.9 Å². The number of guanidine groups is 1. The molecule has 0 radical (unpaired) electrons. The molecule has 2 rings (SSSR count). The van der Waals surface area contributed by atoms with E-state index in [0.29, 0.717) is 0 Å². The molecule has 0 fully saturated rings. The normalized spacial score (nSPS) is 13.0. The van der Waals surface area contributed by atoms with Crippen molar-refractivity contribution in [1.82, 2.24) is 25.3 Å². The van der Waals surface area contributed by atoms with E-state index in [-0.39, 0.29) is 6.04 Å². The van der Waals surface area contributed by atoms with Crippen molar-refractivity contribution in [1.29, 1.82) is 0 Å². The minimum atomic E-state index is 0.181. The molecular weight excluding hydrogens is 384 g/mol. The number of halogens is 1. The van der Waals surface area contributed by atoms with Crippen LogP contribution in [0.25, 0.3) is 0 Å². The van der Waals surface area contributed by atoms with Gasteiger partial charge in [-0.1, -0.05) is 43.6 Å². The predicted octanol–water partition coefficient (Wildman–Crippen LogP) is 3.48. The summed E-state index contributed by atoms with van der Waals surface area (Å²) in [5.74, 6) is 0.799. The molecule has 1 aromatic heterocycles. The van der Waals surface area contributed by atoms with Gasteiger partial charge < -0.3 is 10.6 Å². The van der Waals surface area contributed by atoms with Crippen molar-refractivity contribution in [2.45, 2.75) is 40.2 Å². The Morgan fingerprint density at radius 3 is 2.45 bits per heavy atom. The number of rotatable bonds is 9. The van der Waals surface area contributed by atoms with Crippen LogP contribution in [0.3, 0.4) is 0 Å². The summed E-state index contributed by atoms with van der Waals surface area (Å²) in [6.07, 6.45) is 0.913. The Morgan fingerprint density at radius 1 is 1.21 bits per heavy atom. The molecule has 0 amide bonds. The average Bonchev–Trinajstić information content (AvgIpc) is 2.96. The summed E-state index contributed by atoms with van der Waals surface area (Å²) in [6.45, 7) is 12.0. The van der Waals surface area contributed by atoms with Crippen molar-refractivity contribution >= 4 is 17.6 Å². The highest BCUT2D eigenvalue weighted by Gasteiger charge is 2.20. The zero-order valence-corrected chi connectivity index (χ0v) is 19.3. The topological polar surface area (TPSA) is 57.5 Å². The third kappa shape index (κ3) is 5.97. The highest BCUT2D eigenvalue weighted by molar-refractivity contribution is 6.31. The van der Waals surface area contributed by atoms with E-state index in [2.05, 4.69) is 59.4 Å². The molecule has 0 saturated heterocycles. The van der Waals surface area contributed by atoms with Gasteiger partial charge in [-0.3, -0.25) is 14.6 Å². The van der Waals surface area contributed by atoms with Crippen molar-refractivity contribution in [2.75, 3.05) is 33.2 Å². The minimum absolute atomic E-state index is 0.181. The lowest BCUT2D eigenvalue weighted by molar-refractivity contribution is 0.219. The number of hydrogen-bond donors (Lipinski definition) is 2. The van der Waals surface area contributed by atoms with Crippen molar-refractivity contribution in [3.63, 3.8) is 0 Å². The standard InChI is InChI=1S/C22H35ClN6/c1-7-29(8-2)21(19-11-9-10-12-20(19)23)15-26-22(24-5)25-14-13-18-16(3)27-28(6)17(18)4/h9-12,21H,7-8,13-15H2,1-6H3,(H2,24,25,26). The Kier molecular flexibility index (Phi) is 8.99. The van der Waals surface area contributed by atoms with Crippen LogP contribution in [0.1, 0.15) is 42.4 Å². The fourth-order valence-corrected chi connectivity index (χ4v) is 4.01. The van der Waals surface area contributed by atoms with E-state index in [1.807, 2.05) is 29.9 Å². The van der Waals surface area contributed by atoms with E-state index in [9.17, 15) is 0 Å². The van der Waals surface area contributed by atoms with Crippen LogP contribution in [0.4, 0.5) is 0 Å². The summed E-state index contributed by atoms with van der Waals surface area (Å²) >= 11 is 6.50. The van der Waals surface area contributed by atoms with Gasteiger partial charge in [0.2, 0.25) is 0 Å². The number of benzene rings is 1. The zero-order valence-electron chi connectivity index (χ0n) is 18.6. The van der Waals surface area contributed by atoms with E-state index in [1.54, 1.807) is 7.05 Å². The predicted molar refractivity (Wildman–Crippen MR) is 123 cm³/mol. The summed E-state index contributed by atoms with van der Waals surface area (Å²) in [4.78, 5) is 6.80. The van der Waals surface area contributed by atoms with Gasteiger partial charge in [0.1, 0.15) is 0 Å². The van der Waals surface area contributed by atoms with E-state index in [4.69, 9.17) is 11.6 Å². The monoisotopic (exact) mass is 418 g/mol. The summed E-state index contributed by atoms with van der Waals surface area (Å²) in [7, 11) is 3.79. The number of hydrogen-bond acceptors (Lipinski definition) is 3. The number of aryl methyl sites for hydroxylation is 2. The molecule has 2 N–H and O–H groups in total. The smallest absolute Gasteiger partial charge is 0.191 e. The maximum Gasteiger partial charge on any atom is 0.191 e. The van der Waals surface area contributed by atoms with Crippen LogP contribution in [0.5, 0.6) is 0 Å². The first kappa shape index (κ1) is 23.2. The van der Waals surface area contributed by atoms with Gasteiger partial charge in [0.05, 0.1) is 11.7 Å². The van der Waals surface area contributed by atoms with Gasteiger partial charge in [0.25, 0.3) is 0 Å². The highest BCUT2D eigenvalue weighted by atomic mass is 35.5. The van der Waals surface area contributed by atoms with Crippen molar-refractivity contribution in [2.24, 2.45) is 12.0 Å². The van der Waals surface area contributed by atoms with Gasteiger partial charge in [-0.05, 0) is 50.6 Å². The first-order valence-electron chi connectivity index (χ1n) is 10.3. The van der Waals surface area contributed by atoms with Gasteiger partial charge in [-0.15, -0.1) is 0 Å². The lowest BCUT2D eigenvalue weighted by atomic mass is 10.0. The Bertz CT molecular complexity index is 810. The van der Waals surface area contributed by atoms with Gasteiger partial charge in [-0.25, -0.2) is 0 Å². The molecule has 1 unspecified atom stereocenters. The molecule has 29 heavy (non-hydrogen) atoms. The molecule has 160 valence electrons. The van der Waals surface area contributed by atoms with Crippen molar-refractivity contribution in [3.8, 4) is 0 Å². The number of likely N-dealkylation sites (N-methyl/N-ethyl adjacent to an activating group) is 1. The maximum absolute atomic E-state index is 6.50. The third-order valence-corrected chi connectivity index (χ3v) is 5.87. The van der Waals surface area contributed by atoms with E-state index in [0.717, 1.165) is 54.8 Å². The Morgan fingerprint density at radius 2 is 1.90 bits per heavy atom. The first-order valence-corrected chi connectivity index (χ1v) is 10.7. The van der Waals surface area contributed by atoms with Crippen LogP contribution in [-0.4, -0.2) is 53.9 Å². The Balaban J connectivity index is 2.00. The van der Waals surface area contributed by atoms with Crippen LogP contribution in [0.15, 0.2) is 29.3 Å². The zero-order chi connectivity index (χ0) is 21.4. The van der Waals surface area contributed by atoms with Crippen LogP contribution < -0.4 is 10.6 Å². The second-order valence-electron chi connectivity index (χ2n) is 7.16. The fourth-order valence-electron chi connectivity index (χ4n) is 3.74.